The van der Waals surface area contributed by atoms with E-state index in [1.54, 1.807) is 0 Å². The summed E-state index contributed by atoms with van der Waals surface area (Å²) in [5.41, 5.74) is 1.44. The van der Waals surface area contributed by atoms with Crippen molar-refractivity contribution in [1.29, 1.82) is 0 Å². The summed E-state index contributed by atoms with van der Waals surface area (Å²) in [6.07, 6.45) is 3.37. The van der Waals surface area contributed by atoms with Gasteiger partial charge in [0.05, 0.1) is 0 Å². The van der Waals surface area contributed by atoms with Gasteiger partial charge in [-0.3, -0.25) is 0 Å². The van der Waals surface area contributed by atoms with Gasteiger partial charge in [0.1, 0.15) is 0 Å². The molecule has 0 saturated heterocycles. The third-order valence-corrected chi connectivity index (χ3v) is 3.88. The molecule has 0 aliphatic carbocycles. The predicted octanol–water partition coefficient (Wildman–Crippen LogP) is 4.18. The predicted molar refractivity (Wildman–Crippen MR) is 90.8 cm³/mol. The molecule has 0 aromatic heterocycles. The van der Waals surface area contributed by atoms with Crippen LogP contribution in [-0.2, 0) is 11.2 Å². The van der Waals surface area contributed by atoms with Crippen LogP contribution in [0.1, 0.15) is 32.3 Å². The van der Waals surface area contributed by atoms with Crippen molar-refractivity contribution in [2.24, 2.45) is 0 Å². The molecule has 0 saturated carbocycles. The third kappa shape index (κ3) is 4.83. The van der Waals surface area contributed by atoms with Gasteiger partial charge in [-0.2, -0.15) is 0 Å². The van der Waals surface area contributed by atoms with Gasteiger partial charge in [-0.15, -0.1) is 0 Å². The van der Waals surface area contributed by atoms with E-state index in [2.05, 4.69) is 61.6 Å². The van der Waals surface area contributed by atoms with Gasteiger partial charge in [-0.1, -0.05) is 49.4 Å². The van der Waals surface area contributed by atoms with Gasteiger partial charge >= 0.3 is 0 Å². The highest BCUT2D eigenvalue weighted by Crippen LogP contribution is 2.20. The Balaban J connectivity index is 2.04. The van der Waals surface area contributed by atoms with Crippen LogP contribution in [-0.4, -0.2) is 25.8 Å². The minimum absolute atomic E-state index is 0.529. The Hall–Kier alpha value is -1.38. The average Bonchev–Trinajstić information content (AvgIpc) is 2.52. The number of fused-ring (bicyclic) bond motifs is 1. The SMILES string of the molecule is CCNC(CCCOCC)Cc1cccc2ccccc12. The van der Waals surface area contributed by atoms with Crippen molar-refractivity contribution in [3.63, 3.8) is 0 Å². The molecule has 21 heavy (non-hydrogen) atoms. The average molecular weight is 285 g/mol. The highest BCUT2D eigenvalue weighted by molar-refractivity contribution is 5.85. The van der Waals surface area contributed by atoms with E-state index < -0.39 is 0 Å². The van der Waals surface area contributed by atoms with Gasteiger partial charge in [-0.25, -0.2) is 0 Å². The molecule has 2 aromatic carbocycles. The number of nitrogens with one attached hydrogen (secondary N) is 1. The summed E-state index contributed by atoms with van der Waals surface area (Å²) >= 11 is 0. The molecular formula is C19H27NO. The summed E-state index contributed by atoms with van der Waals surface area (Å²) < 4.78 is 5.45. The molecule has 2 nitrogen and oxygen atoms in total. The molecule has 0 radical (unpaired) electrons. The number of benzene rings is 2. The van der Waals surface area contributed by atoms with E-state index in [4.69, 9.17) is 4.74 Å². The number of hydrogen-bond acceptors (Lipinski definition) is 2. The van der Waals surface area contributed by atoms with Gasteiger partial charge in [-0.05, 0) is 49.1 Å². The molecule has 1 atom stereocenters. The quantitative estimate of drug-likeness (QED) is 0.698. The van der Waals surface area contributed by atoms with Crippen LogP contribution in [0.5, 0.6) is 0 Å². The van der Waals surface area contributed by atoms with Crippen LogP contribution in [0.4, 0.5) is 0 Å². The minimum Gasteiger partial charge on any atom is -0.382 e. The molecule has 0 amide bonds. The zero-order valence-electron chi connectivity index (χ0n) is 13.3. The Morgan fingerprint density at radius 2 is 1.86 bits per heavy atom. The summed E-state index contributed by atoms with van der Waals surface area (Å²) in [6.45, 7) is 6.93. The van der Waals surface area contributed by atoms with E-state index in [1.807, 2.05) is 0 Å². The highest BCUT2D eigenvalue weighted by Gasteiger charge is 2.10. The molecule has 1 N–H and O–H groups in total. The van der Waals surface area contributed by atoms with Crippen LogP contribution < -0.4 is 5.32 Å². The van der Waals surface area contributed by atoms with E-state index >= 15 is 0 Å². The van der Waals surface area contributed by atoms with E-state index in [0.29, 0.717) is 6.04 Å². The Kier molecular flexibility index (Phi) is 6.71. The van der Waals surface area contributed by atoms with Crippen molar-refractivity contribution in [3.8, 4) is 0 Å². The molecular weight excluding hydrogens is 258 g/mol. The van der Waals surface area contributed by atoms with Crippen molar-refractivity contribution in [3.05, 3.63) is 48.0 Å². The summed E-state index contributed by atoms with van der Waals surface area (Å²) in [4.78, 5) is 0. The molecule has 2 rings (SSSR count). The Morgan fingerprint density at radius 1 is 1.05 bits per heavy atom. The van der Waals surface area contributed by atoms with Gasteiger partial charge in [0.15, 0.2) is 0 Å². The van der Waals surface area contributed by atoms with Crippen LogP contribution >= 0.6 is 0 Å². The fraction of sp³-hybridized carbons (Fsp3) is 0.474. The number of hydrogen-bond donors (Lipinski definition) is 1. The Bertz CT molecular complexity index is 533. The summed E-state index contributed by atoms with van der Waals surface area (Å²) in [6, 6.07) is 15.8. The first kappa shape index (κ1) is 16.0. The molecule has 2 heteroatoms. The molecule has 0 spiro atoms. The molecule has 0 heterocycles. The van der Waals surface area contributed by atoms with Crippen LogP contribution in [0.15, 0.2) is 42.5 Å². The van der Waals surface area contributed by atoms with Crippen LogP contribution in [0.25, 0.3) is 10.8 Å². The van der Waals surface area contributed by atoms with E-state index in [9.17, 15) is 0 Å². The largest absolute Gasteiger partial charge is 0.382 e. The molecule has 0 bridgehead atoms. The normalized spacial score (nSPS) is 12.7. The van der Waals surface area contributed by atoms with Crippen LogP contribution in [0.2, 0.25) is 0 Å². The van der Waals surface area contributed by atoms with Crippen LogP contribution in [0.3, 0.4) is 0 Å². The molecule has 114 valence electrons. The lowest BCUT2D eigenvalue weighted by atomic mass is 9.96. The van der Waals surface area contributed by atoms with E-state index in [-0.39, 0.29) is 0 Å². The highest BCUT2D eigenvalue weighted by atomic mass is 16.5. The maximum absolute atomic E-state index is 5.45. The molecule has 0 fully saturated rings. The first-order valence-corrected chi connectivity index (χ1v) is 8.13. The summed E-state index contributed by atoms with van der Waals surface area (Å²) in [5, 5.41) is 6.33. The number of ether oxygens (including phenoxy) is 1. The van der Waals surface area contributed by atoms with E-state index in [1.165, 1.54) is 16.3 Å². The maximum atomic E-state index is 5.45. The van der Waals surface area contributed by atoms with E-state index in [0.717, 1.165) is 39.0 Å². The second kappa shape index (κ2) is 8.81. The topological polar surface area (TPSA) is 21.3 Å². The summed E-state index contributed by atoms with van der Waals surface area (Å²) in [7, 11) is 0. The Labute approximate surface area is 128 Å². The van der Waals surface area contributed by atoms with Crippen molar-refractivity contribution >= 4 is 10.8 Å². The van der Waals surface area contributed by atoms with Crippen LogP contribution in [0, 0.1) is 0 Å². The molecule has 2 aromatic rings. The lowest BCUT2D eigenvalue weighted by molar-refractivity contribution is 0.141. The molecule has 0 aliphatic rings. The van der Waals surface area contributed by atoms with Crippen molar-refractivity contribution in [2.75, 3.05) is 19.8 Å². The zero-order valence-corrected chi connectivity index (χ0v) is 13.3. The minimum atomic E-state index is 0.529. The summed E-state index contributed by atoms with van der Waals surface area (Å²) in [5.74, 6) is 0. The van der Waals surface area contributed by atoms with Crippen molar-refractivity contribution in [1.82, 2.24) is 5.32 Å². The number of likely N-dealkylation sites (N-methyl/N-ethyl adjacent to an activating group) is 1. The number of rotatable bonds is 9. The standard InChI is InChI=1S/C19H27NO/c1-3-20-18(12-8-14-21-4-2)15-17-11-7-10-16-9-5-6-13-19(16)17/h5-7,9-11,13,18,20H,3-4,8,12,14-15H2,1-2H3. The van der Waals surface area contributed by atoms with Crippen molar-refractivity contribution < 1.29 is 4.74 Å². The third-order valence-electron chi connectivity index (χ3n) is 3.88. The van der Waals surface area contributed by atoms with Gasteiger partial charge in [0.2, 0.25) is 0 Å². The Morgan fingerprint density at radius 3 is 2.67 bits per heavy atom. The molecule has 0 aliphatic heterocycles. The first-order chi connectivity index (χ1) is 10.3. The fourth-order valence-corrected chi connectivity index (χ4v) is 2.88. The lowest BCUT2D eigenvalue weighted by Crippen LogP contribution is -2.31. The van der Waals surface area contributed by atoms with Crippen molar-refractivity contribution in [2.45, 2.75) is 39.2 Å². The van der Waals surface area contributed by atoms with Gasteiger partial charge < -0.3 is 10.1 Å². The van der Waals surface area contributed by atoms with Gasteiger partial charge in [0, 0.05) is 19.3 Å². The van der Waals surface area contributed by atoms with Gasteiger partial charge in [0.25, 0.3) is 0 Å². The smallest absolute Gasteiger partial charge is 0.0466 e. The monoisotopic (exact) mass is 285 g/mol. The molecule has 1 unspecified atom stereocenters. The maximum Gasteiger partial charge on any atom is 0.0466 e. The fourth-order valence-electron chi connectivity index (χ4n) is 2.88. The lowest BCUT2D eigenvalue weighted by Gasteiger charge is -2.19. The second-order valence-electron chi connectivity index (χ2n) is 5.44. The zero-order chi connectivity index (χ0) is 14.9. The second-order valence-corrected chi connectivity index (χ2v) is 5.44. The first-order valence-electron chi connectivity index (χ1n) is 8.13.